The molecule has 90 valence electrons. The summed E-state index contributed by atoms with van der Waals surface area (Å²) in [5, 5.41) is 10.5. The first-order valence-electron chi connectivity index (χ1n) is 5.65. The first-order valence-corrected chi connectivity index (χ1v) is 5.65. The molecule has 0 fully saturated rings. The third kappa shape index (κ3) is 3.44. The van der Waals surface area contributed by atoms with Crippen molar-refractivity contribution < 1.29 is 0 Å². The van der Waals surface area contributed by atoms with Gasteiger partial charge in [-0.3, -0.25) is 9.67 Å². The van der Waals surface area contributed by atoms with E-state index in [9.17, 15) is 0 Å². The van der Waals surface area contributed by atoms with Crippen LogP contribution in [0.2, 0.25) is 0 Å². The van der Waals surface area contributed by atoms with Crippen LogP contribution in [-0.4, -0.2) is 32.8 Å². The average molecular weight is 232 g/mol. The molecule has 0 bridgehead atoms. The third-order valence-corrected chi connectivity index (χ3v) is 2.20. The summed E-state index contributed by atoms with van der Waals surface area (Å²) in [4.78, 5) is 8.48. The minimum absolute atomic E-state index is 0.770. The molecule has 2 N–H and O–H groups in total. The highest BCUT2D eigenvalue weighted by molar-refractivity contribution is 5.41. The van der Waals surface area contributed by atoms with Gasteiger partial charge in [-0.15, -0.1) is 0 Å². The Balaban J connectivity index is 1.84. The molecule has 2 rings (SSSR count). The highest BCUT2D eigenvalue weighted by Crippen LogP contribution is 2.05. The molecule has 2 aromatic heterocycles. The van der Waals surface area contributed by atoms with Crippen LogP contribution in [0, 0.1) is 0 Å². The summed E-state index contributed by atoms with van der Waals surface area (Å²) < 4.78 is 1.87. The van der Waals surface area contributed by atoms with Crippen LogP contribution in [0.25, 0.3) is 0 Å². The molecular weight excluding hydrogens is 216 g/mol. The van der Waals surface area contributed by atoms with Crippen LogP contribution in [0.3, 0.4) is 0 Å². The predicted molar refractivity (Wildman–Crippen MR) is 66.9 cm³/mol. The lowest BCUT2D eigenvalue weighted by Crippen LogP contribution is -2.12. The lowest BCUT2D eigenvalue weighted by Gasteiger charge is -2.07. The average Bonchev–Trinajstić information content (AvgIpc) is 2.83. The summed E-state index contributed by atoms with van der Waals surface area (Å²) in [5.74, 6) is 1.56. The van der Waals surface area contributed by atoms with Crippen molar-refractivity contribution in [1.29, 1.82) is 0 Å². The van der Waals surface area contributed by atoms with Crippen molar-refractivity contribution in [2.24, 2.45) is 0 Å². The van der Waals surface area contributed by atoms with Crippen LogP contribution < -0.4 is 10.6 Å². The number of hydrogen-bond acceptors (Lipinski definition) is 5. The van der Waals surface area contributed by atoms with Crippen LogP contribution in [0.15, 0.2) is 30.9 Å². The topological polar surface area (TPSA) is 67.7 Å². The molecule has 0 saturated carbocycles. The number of hydrogen-bond donors (Lipinski definition) is 2. The molecule has 6 nitrogen and oxygen atoms in total. The Kier molecular flexibility index (Phi) is 3.90. The van der Waals surface area contributed by atoms with Crippen molar-refractivity contribution in [2.75, 3.05) is 23.7 Å². The maximum absolute atomic E-state index is 4.37. The molecule has 0 unspecified atom stereocenters. The smallest absolute Gasteiger partial charge is 0.147 e. The van der Waals surface area contributed by atoms with E-state index in [2.05, 4.69) is 25.7 Å². The van der Waals surface area contributed by atoms with E-state index in [-0.39, 0.29) is 0 Å². The number of nitrogens with one attached hydrogen (secondary N) is 2. The van der Waals surface area contributed by atoms with Crippen molar-refractivity contribution in [1.82, 2.24) is 19.7 Å². The van der Waals surface area contributed by atoms with E-state index in [0.29, 0.717) is 0 Å². The van der Waals surface area contributed by atoms with Gasteiger partial charge >= 0.3 is 0 Å². The Morgan fingerprint density at radius 1 is 1.24 bits per heavy atom. The molecular formula is C11H16N6. The fraction of sp³-hybridized carbons (Fsp3) is 0.364. The Morgan fingerprint density at radius 2 is 2.06 bits per heavy atom. The molecule has 0 aliphatic heterocycles. The minimum atomic E-state index is 0.770. The Morgan fingerprint density at radius 3 is 2.76 bits per heavy atom. The second kappa shape index (κ2) is 5.83. The lowest BCUT2D eigenvalue weighted by atomic mass is 10.5. The molecule has 0 amide bonds. The van der Waals surface area contributed by atoms with Crippen molar-refractivity contribution in [3.63, 3.8) is 0 Å². The molecule has 6 heteroatoms. The van der Waals surface area contributed by atoms with Crippen LogP contribution in [0.4, 0.5) is 11.6 Å². The van der Waals surface area contributed by atoms with E-state index in [4.69, 9.17) is 0 Å². The zero-order valence-corrected chi connectivity index (χ0v) is 9.80. The Bertz CT molecular complexity index is 439. The van der Waals surface area contributed by atoms with Crippen LogP contribution in [0.1, 0.15) is 6.92 Å². The van der Waals surface area contributed by atoms with Gasteiger partial charge in [-0.25, -0.2) is 4.98 Å². The molecule has 0 aliphatic carbocycles. The highest BCUT2D eigenvalue weighted by Gasteiger charge is 1.97. The van der Waals surface area contributed by atoms with Gasteiger partial charge in [-0.2, -0.15) is 5.10 Å². The number of rotatable bonds is 6. The van der Waals surface area contributed by atoms with Crippen molar-refractivity contribution >= 4 is 11.6 Å². The highest BCUT2D eigenvalue weighted by atomic mass is 15.3. The fourth-order valence-corrected chi connectivity index (χ4v) is 1.45. The largest absolute Gasteiger partial charge is 0.369 e. The van der Waals surface area contributed by atoms with Crippen molar-refractivity contribution in [3.8, 4) is 0 Å². The fourth-order valence-electron chi connectivity index (χ4n) is 1.45. The molecule has 0 saturated heterocycles. The monoisotopic (exact) mass is 232 g/mol. The van der Waals surface area contributed by atoms with Gasteiger partial charge < -0.3 is 10.6 Å². The second-order valence-electron chi connectivity index (χ2n) is 3.52. The molecule has 2 heterocycles. The van der Waals surface area contributed by atoms with Gasteiger partial charge in [0.05, 0.1) is 18.9 Å². The summed E-state index contributed by atoms with van der Waals surface area (Å²) in [6.45, 7) is 4.44. The summed E-state index contributed by atoms with van der Waals surface area (Å²) >= 11 is 0. The molecule has 0 atom stereocenters. The van der Waals surface area contributed by atoms with Crippen LogP contribution in [-0.2, 0) is 6.54 Å². The standard InChI is InChI=1S/C11H16N6/c1-2-13-10-8-12-9-11(16-10)14-5-7-17-6-3-4-15-17/h3-4,6,8-9H,2,5,7H2,1H3,(H2,13,14,16). The summed E-state index contributed by atoms with van der Waals surface area (Å²) in [5.41, 5.74) is 0. The van der Waals surface area contributed by atoms with Crippen molar-refractivity contribution in [3.05, 3.63) is 30.9 Å². The molecule has 0 radical (unpaired) electrons. The van der Waals surface area contributed by atoms with Gasteiger partial charge in [-0.05, 0) is 13.0 Å². The number of aromatic nitrogens is 4. The zero-order chi connectivity index (χ0) is 11.9. The van der Waals surface area contributed by atoms with Gasteiger partial charge in [-0.1, -0.05) is 0 Å². The maximum atomic E-state index is 4.37. The Hall–Kier alpha value is -2.11. The Labute approximate surface area is 100 Å². The van der Waals surface area contributed by atoms with E-state index >= 15 is 0 Å². The molecule has 0 aromatic carbocycles. The normalized spacial score (nSPS) is 10.2. The third-order valence-electron chi connectivity index (χ3n) is 2.20. The first kappa shape index (κ1) is 11.4. The summed E-state index contributed by atoms with van der Waals surface area (Å²) in [7, 11) is 0. The molecule has 2 aromatic rings. The first-order chi connectivity index (χ1) is 8.38. The molecule has 17 heavy (non-hydrogen) atoms. The van der Waals surface area contributed by atoms with Crippen molar-refractivity contribution in [2.45, 2.75) is 13.5 Å². The van der Waals surface area contributed by atoms with Gasteiger partial charge in [0.25, 0.3) is 0 Å². The minimum Gasteiger partial charge on any atom is -0.369 e. The molecule has 0 aliphatic rings. The second-order valence-corrected chi connectivity index (χ2v) is 3.52. The maximum Gasteiger partial charge on any atom is 0.147 e. The van der Waals surface area contributed by atoms with E-state index in [1.807, 2.05) is 23.9 Å². The zero-order valence-electron chi connectivity index (χ0n) is 9.80. The van der Waals surface area contributed by atoms with E-state index in [1.54, 1.807) is 18.6 Å². The quantitative estimate of drug-likeness (QED) is 0.783. The predicted octanol–water partition coefficient (Wildman–Crippen LogP) is 1.22. The van der Waals surface area contributed by atoms with E-state index in [1.165, 1.54) is 0 Å². The van der Waals surface area contributed by atoms with Gasteiger partial charge in [0, 0.05) is 25.5 Å². The van der Waals surface area contributed by atoms with E-state index in [0.717, 1.165) is 31.3 Å². The summed E-state index contributed by atoms with van der Waals surface area (Å²) in [6, 6.07) is 1.91. The lowest BCUT2D eigenvalue weighted by molar-refractivity contribution is 0.637. The number of anilines is 2. The SMILES string of the molecule is CCNc1cncc(NCCn2cccn2)n1. The van der Waals surface area contributed by atoms with Gasteiger partial charge in [0.2, 0.25) is 0 Å². The van der Waals surface area contributed by atoms with Gasteiger partial charge in [0.1, 0.15) is 11.6 Å². The summed E-state index contributed by atoms with van der Waals surface area (Å²) in [6.07, 6.45) is 7.13. The van der Waals surface area contributed by atoms with Crippen LogP contribution >= 0.6 is 0 Å². The van der Waals surface area contributed by atoms with Gasteiger partial charge in [0.15, 0.2) is 0 Å². The number of nitrogens with zero attached hydrogens (tertiary/aromatic N) is 4. The van der Waals surface area contributed by atoms with Crippen LogP contribution in [0.5, 0.6) is 0 Å². The molecule has 0 spiro atoms. The van der Waals surface area contributed by atoms with E-state index < -0.39 is 0 Å².